The molecular weight excluding hydrogens is 320 g/mol. The number of carboxylic acid groups (broad SMARTS) is 1. The summed E-state index contributed by atoms with van der Waals surface area (Å²) in [5.74, 6) is -0.865. The number of aryl methyl sites for hydroxylation is 1. The Balaban J connectivity index is 2.01. The molecule has 1 aliphatic rings. The Morgan fingerprint density at radius 2 is 2.00 bits per heavy atom. The van der Waals surface area contributed by atoms with Crippen LogP contribution in [0.4, 0.5) is 4.79 Å². The third-order valence-corrected chi connectivity index (χ3v) is 4.36. The van der Waals surface area contributed by atoms with Crippen LogP contribution in [0.3, 0.4) is 0 Å². The van der Waals surface area contributed by atoms with Gasteiger partial charge in [-0.2, -0.15) is 0 Å². The van der Waals surface area contributed by atoms with Crippen LogP contribution < -0.4 is 0 Å². The molecule has 134 valence electrons. The number of ether oxygens (including phenoxy) is 1. The van der Waals surface area contributed by atoms with Crippen molar-refractivity contribution >= 4 is 23.0 Å². The zero-order valence-corrected chi connectivity index (χ0v) is 15.1. The van der Waals surface area contributed by atoms with Gasteiger partial charge in [0.25, 0.3) is 0 Å². The van der Waals surface area contributed by atoms with Crippen LogP contribution in [0.25, 0.3) is 10.9 Å². The lowest BCUT2D eigenvalue weighted by atomic mass is 10.0. The largest absolute Gasteiger partial charge is 0.480 e. The molecule has 2 aromatic rings. The lowest BCUT2D eigenvalue weighted by Gasteiger charge is -2.30. The van der Waals surface area contributed by atoms with Crippen molar-refractivity contribution in [3.63, 3.8) is 0 Å². The first-order valence-electron chi connectivity index (χ1n) is 8.46. The maximum Gasteiger partial charge on any atom is 0.410 e. The molecule has 6 heteroatoms. The van der Waals surface area contributed by atoms with Gasteiger partial charge in [0.2, 0.25) is 0 Å². The van der Waals surface area contributed by atoms with Crippen LogP contribution in [0.15, 0.2) is 18.2 Å². The number of benzene rings is 1. The van der Waals surface area contributed by atoms with E-state index in [0.29, 0.717) is 19.5 Å². The molecule has 25 heavy (non-hydrogen) atoms. The molecule has 2 heterocycles. The van der Waals surface area contributed by atoms with E-state index in [4.69, 9.17) is 4.74 Å². The van der Waals surface area contributed by atoms with E-state index < -0.39 is 11.6 Å². The van der Waals surface area contributed by atoms with E-state index in [9.17, 15) is 14.7 Å². The maximum atomic E-state index is 12.4. The van der Waals surface area contributed by atoms with Gasteiger partial charge in [-0.1, -0.05) is 12.1 Å². The summed E-state index contributed by atoms with van der Waals surface area (Å²) < 4.78 is 7.35. The molecule has 0 radical (unpaired) electrons. The van der Waals surface area contributed by atoms with Gasteiger partial charge < -0.3 is 19.3 Å². The van der Waals surface area contributed by atoms with E-state index in [0.717, 1.165) is 27.7 Å². The summed E-state index contributed by atoms with van der Waals surface area (Å²) >= 11 is 0. The first-order valence-corrected chi connectivity index (χ1v) is 8.46. The van der Waals surface area contributed by atoms with Crippen LogP contribution in [0, 0.1) is 6.92 Å². The minimum absolute atomic E-state index is 0.0677. The number of carbonyl (C=O) groups excluding carboxylic acids is 1. The number of aromatic nitrogens is 1. The number of rotatable bonds is 2. The molecule has 1 aromatic carbocycles. The number of hydrogen-bond donors (Lipinski definition) is 1. The molecule has 3 rings (SSSR count). The molecule has 0 aliphatic carbocycles. The summed E-state index contributed by atoms with van der Waals surface area (Å²) in [6, 6.07) is 6.04. The number of fused-ring (bicyclic) bond motifs is 3. The molecule has 0 bridgehead atoms. The highest BCUT2D eigenvalue weighted by atomic mass is 16.6. The summed E-state index contributed by atoms with van der Waals surface area (Å²) in [6.07, 6.45) is 0.291. The molecule has 1 aromatic heterocycles. The third-order valence-electron chi connectivity index (χ3n) is 4.36. The fraction of sp³-hybridized carbons (Fsp3) is 0.474. The summed E-state index contributed by atoms with van der Waals surface area (Å²) in [4.78, 5) is 25.4. The van der Waals surface area contributed by atoms with Gasteiger partial charge in [0, 0.05) is 35.1 Å². The number of hydrogen-bond acceptors (Lipinski definition) is 3. The van der Waals surface area contributed by atoms with Gasteiger partial charge in [-0.3, -0.25) is 4.79 Å². The van der Waals surface area contributed by atoms with Crippen LogP contribution in [0.5, 0.6) is 0 Å². The Kier molecular flexibility index (Phi) is 4.22. The maximum absolute atomic E-state index is 12.4. The molecule has 0 saturated carbocycles. The molecule has 0 fully saturated rings. The van der Waals surface area contributed by atoms with Crippen molar-refractivity contribution in [2.45, 2.75) is 52.8 Å². The van der Waals surface area contributed by atoms with Crippen LogP contribution in [-0.2, 0) is 29.0 Å². The van der Waals surface area contributed by atoms with Crippen molar-refractivity contribution < 1.29 is 19.4 Å². The highest BCUT2D eigenvalue weighted by Crippen LogP contribution is 2.32. The van der Waals surface area contributed by atoms with Crippen molar-refractivity contribution in [3.05, 3.63) is 35.0 Å². The van der Waals surface area contributed by atoms with E-state index in [2.05, 4.69) is 0 Å². The van der Waals surface area contributed by atoms with Crippen molar-refractivity contribution in [3.8, 4) is 0 Å². The SMILES string of the molecule is Cc1ccc2c3c(n(CC(=O)O)c2c1)CCN(C(=O)OC(C)(C)C)C3. The smallest absolute Gasteiger partial charge is 0.410 e. The van der Waals surface area contributed by atoms with Crippen LogP contribution in [-0.4, -0.2) is 38.8 Å². The molecule has 1 aliphatic heterocycles. The summed E-state index contributed by atoms with van der Waals surface area (Å²) in [5, 5.41) is 10.3. The van der Waals surface area contributed by atoms with Crippen LogP contribution in [0.1, 0.15) is 37.6 Å². The van der Waals surface area contributed by atoms with E-state index in [-0.39, 0.29) is 12.6 Å². The Labute approximate surface area is 147 Å². The minimum atomic E-state index is -0.865. The van der Waals surface area contributed by atoms with Crippen molar-refractivity contribution in [2.24, 2.45) is 0 Å². The summed E-state index contributed by atoms with van der Waals surface area (Å²) in [5.41, 5.74) is 3.48. The number of carbonyl (C=O) groups is 2. The zero-order chi connectivity index (χ0) is 18.4. The van der Waals surface area contributed by atoms with E-state index >= 15 is 0 Å². The minimum Gasteiger partial charge on any atom is -0.480 e. The topological polar surface area (TPSA) is 71.8 Å². The average molecular weight is 344 g/mol. The number of carboxylic acids is 1. The molecule has 1 amide bonds. The molecule has 6 nitrogen and oxygen atoms in total. The average Bonchev–Trinajstić information content (AvgIpc) is 2.78. The van der Waals surface area contributed by atoms with E-state index in [1.165, 1.54) is 0 Å². The van der Waals surface area contributed by atoms with Gasteiger partial charge in [0.05, 0.1) is 6.54 Å². The van der Waals surface area contributed by atoms with Crippen molar-refractivity contribution in [1.29, 1.82) is 0 Å². The first-order chi connectivity index (χ1) is 11.7. The van der Waals surface area contributed by atoms with Gasteiger partial charge in [-0.15, -0.1) is 0 Å². The predicted molar refractivity (Wildman–Crippen MR) is 94.7 cm³/mol. The summed E-state index contributed by atoms with van der Waals surface area (Å²) in [7, 11) is 0. The second-order valence-electron chi connectivity index (χ2n) is 7.58. The van der Waals surface area contributed by atoms with Gasteiger partial charge in [-0.25, -0.2) is 4.79 Å². The first kappa shape index (κ1) is 17.3. The Morgan fingerprint density at radius 3 is 2.64 bits per heavy atom. The van der Waals surface area contributed by atoms with Gasteiger partial charge in [-0.05, 0) is 39.3 Å². The highest BCUT2D eigenvalue weighted by Gasteiger charge is 2.29. The number of nitrogens with zero attached hydrogens (tertiary/aromatic N) is 2. The van der Waals surface area contributed by atoms with Gasteiger partial charge >= 0.3 is 12.1 Å². The quantitative estimate of drug-likeness (QED) is 0.907. The normalized spacial score (nSPS) is 14.5. The van der Waals surface area contributed by atoms with Crippen LogP contribution >= 0.6 is 0 Å². The molecule has 0 atom stereocenters. The monoisotopic (exact) mass is 344 g/mol. The summed E-state index contributed by atoms with van der Waals surface area (Å²) in [6.45, 7) is 8.43. The second-order valence-corrected chi connectivity index (χ2v) is 7.58. The second kappa shape index (κ2) is 6.10. The molecular formula is C19H24N2O4. The zero-order valence-electron chi connectivity index (χ0n) is 15.1. The van der Waals surface area contributed by atoms with E-state index in [1.807, 2.05) is 50.5 Å². The highest BCUT2D eigenvalue weighted by molar-refractivity contribution is 5.88. The Morgan fingerprint density at radius 1 is 1.28 bits per heavy atom. The van der Waals surface area contributed by atoms with Crippen molar-refractivity contribution in [1.82, 2.24) is 9.47 Å². The fourth-order valence-electron chi connectivity index (χ4n) is 3.36. The molecule has 0 saturated heterocycles. The third kappa shape index (κ3) is 3.48. The van der Waals surface area contributed by atoms with Gasteiger partial charge in [0.15, 0.2) is 0 Å². The molecule has 0 spiro atoms. The van der Waals surface area contributed by atoms with E-state index in [1.54, 1.807) is 4.90 Å². The lowest BCUT2D eigenvalue weighted by Crippen LogP contribution is -2.40. The number of aliphatic carboxylic acids is 1. The Bertz CT molecular complexity index is 845. The fourth-order valence-corrected chi connectivity index (χ4v) is 3.36. The Hall–Kier alpha value is -2.50. The number of amides is 1. The molecule has 1 N–H and O–H groups in total. The van der Waals surface area contributed by atoms with Crippen molar-refractivity contribution in [2.75, 3.05) is 6.54 Å². The standard InChI is InChI=1S/C19H24N2O4/c1-12-5-6-13-14-10-20(18(24)25-19(2,3)4)8-7-15(14)21(11-17(22)23)16(13)9-12/h5-6,9H,7-8,10-11H2,1-4H3,(H,22,23). The van der Waals surface area contributed by atoms with Crippen LogP contribution in [0.2, 0.25) is 0 Å². The van der Waals surface area contributed by atoms with Gasteiger partial charge in [0.1, 0.15) is 12.1 Å². The lowest BCUT2D eigenvalue weighted by molar-refractivity contribution is -0.137. The molecule has 0 unspecified atom stereocenters. The predicted octanol–water partition coefficient (Wildman–Crippen LogP) is 3.33.